The number of rotatable bonds is 6. The number of thiocyanates is 1. The zero-order chi connectivity index (χ0) is 10.5. The zero-order valence-corrected chi connectivity index (χ0v) is 11.2. The number of aliphatic hydroxyl groups excluding tert-OH is 3. The molecule has 0 spiro atoms. The van der Waals surface area contributed by atoms with Crippen molar-refractivity contribution in [2.45, 2.75) is 0 Å². The van der Waals surface area contributed by atoms with Crippen LogP contribution in [0.2, 0.25) is 0 Å². The Balaban J connectivity index is -0.000000267. The quantitative estimate of drug-likeness (QED) is 0.241. The third-order valence-electron chi connectivity index (χ3n) is 1.25. The van der Waals surface area contributed by atoms with Gasteiger partial charge in [-0.25, -0.2) is 5.26 Å². The summed E-state index contributed by atoms with van der Waals surface area (Å²) < 4.78 is 0. The van der Waals surface area contributed by atoms with Gasteiger partial charge in [-0.15, -0.1) is 0 Å². The van der Waals surface area contributed by atoms with Crippen LogP contribution < -0.4 is 29.6 Å². The van der Waals surface area contributed by atoms with Gasteiger partial charge in [-0.05, 0) is 0 Å². The summed E-state index contributed by atoms with van der Waals surface area (Å²) in [6.45, 7) is 1.75. The van der Waals surface area contributed by atoms with Crippen LogP contribution in [0.4, 0.5) is 0 Å². The van der Waals surface area contributed by atoms with Crippen LogP contribution in [0.3, 0.4) is 0 Å². The topological polar surface area (TPSA) is 87.7 Å². The van der Waals surface area contributed by atoms with E-state index in [0.717, 1.165) is 0 Å². The van der Waals surface area contributed by atoms with Crippen LogP contribution >= 0.6 is 0 Å². The molecule has 0 saturated heterocycles. The Hall–Kier alpha value is 0.550. The molecule has 78 valence electrons. The van der Waals surface area contributed by atoms with Gasteiger partial charge in [0, 0.05) is 19.6 Å². The molecule has 3 N–H and O–H groups in total. The van der Waals surface area contributed by atoms with Gasteiger partial charge in [-0.2, -0.15) is 0 Å². The van der Waals surface area contributed by atoms with E-state index in [1.54, 1.807) is 4.90 Å². The molecular weight excluding hydrogens is 215 g/mol. The van der Waals surface area contributed by atoms with Gasteiger partial charge in [0.2, 0.25) is 0 Å². The molecule has 0 atom stereocenters. The van der Waals surface area contributed by atoms with Gasteiger partial charge >= 0.3 is 29.6 Å². The molecular formula is C7H15N2NaO3S. The molecule has 0 aromatic carbocycles. The van der Waals surface area contributed by atoms with Crippen molar-refractivity contribution in [1.29, 1.82) is 5.26 Å². The van der Waals surface area contributed by atoms with Gasteiger partial charge in [-0.1, -0.05) is 5.40 Å². The fraction of sp³-hybridized carbons (Fsp3) is 0.857. The standard InChI is InChI=1S/C6H15NO3.CHNS.Na/c8-4-1-7(2-5-9)3-6-10;2-1-3;/h8-10H,1-6H2;3H;/q;;+1/p-1. The van der Waals surface area contributed by atoms with Crippen LogP contribution in [0.25, 0.3) is 0 Å². The van der Waals surface area contributed by atoms with Gasteiger partial charge in [-0.3, -0.25) is 4.90 Å². The maximum Gasteiger partial charge on any atom is 1.00 e. The second kappa shape index (κ2) is 19.2. The van der Waals surface area contributed by atoms with Crippen molar-refractivity contribution in [1.82, 2.24) is 4.90 Å². The molecule has 0 aliphatic carbocycles. The maximum absolute atomic E-state index is 8.48. The van der Waals surface area contributed by atoms with E-state index in [0.29, 0.717) is 19.6 Å². The van der Waals surface area contributed by atoms with Crippen molar-refractivity contribution < 1.29 is 44.9 Å². The van der Waals surface area contributed by atoms with Crippen LogP contribution in [-0.2, 0) is 12.6 Å². The molecule has 0 rings (SSSR count). The molecule has 5 nitrogen and oxygen atoms in total. The van der Waals surface area contributed by atoms with Crippen molar-refractivity contribution in [3.63, 3.8) is 0 Å². The molecule has 0 aromatic heterocycles. The molecule has 0 amide bonds. The first-order chi connectivity index (χ1) is 6.26. The zero-order valence-electron chi connectivity index (χ0n) is 8.39. The maximum atomic E-state index is 8.48. The van der Waals surface area contributed by atoms with Crippen LogP contribution in [0.5, 0.6) is 0 Å². The molecule has 0 radical (unpaired) electrons. The van der Waals surface area contributed by atoms with Crippen LogP contribution in [0.1, 0.15) is 0 Å². The predicted molar refractivity (Wildman–Crippen MR) is 50.7 cm³/mol. The second-order valence-corrected chi connectivity index (χ2v) is 2.29. The first-order valence-corrected chi connectivity index (χ1v) is 4.23. The molecule has 0 aromatic rings. The van der Waals surface area contributed by atoms with Crippen molar-refractivity contribution in [2.24, 2.45) is 0 Å². The SMILES string of the molecule is N#C[S-].OCCN(CCO)CCO.[Na+]. The average molecular weight is 230 g/mol. The summed E-state index contributed by atoms with van der Waals surface area (Å²) in [7, 11) is 0. The fourth-order valence-corrected chi connectivity index (χ4v) is 0.760. The average Bonchev–Trinajstić information content (AvgIpc) is 2.07. The van der Waals surface area contributed by atoms with E-state index in [1.165, 1.54) is 5.40 Å². The number of hydrogen-bond donors (Lipinski definition) is 3. The summed E-state index contributed by atoms with van der Waals surface area (Å²) in [5.74, 6) is 0. The van der Waals surface area contributed by atoms with E-state index in [2.05, 4.69) is 12.6 Å². The third-order valence-corrected chi connectivity index (χ3v) is 1.25. The summed E-state index contributed by atoms with van der Waals surface area (Å²) in [5, 5.41) is 33.9. The first kappa shape index (κ1) is 20.0. The van der Waals surface area contributed by atoms with Gasteiger partial charge < -0.3 is 27.9 Å². The summed E-state index contributed by atoms with van der Waals surface area (Å²) in [6.07, 6.45) is 0. The summed E-state index contributed by atoms with van der Waals surface area (Å²) >= 11 is 3.70. The second-order valence-electron chi connectivity index (χ2n) is 2.10. The summed E-state index contributed by atoms with van der Waals surface area (Å²) in [4.78, 5) is 1.79. The first-order valence-electron chi connectivity index (χ1n) is 3.83. The number of aliphatic hydroxyl groups is 3. The molecule has 0 unspecified atom stereocenters. The van der Waals surface area contributed by atoms with E-state index in [1.807, 2.05) is 0 Å². The minimum Gasteiger partial charge on any atom is -0.696 e. The molecule has 0 saturated carbocycles. The Morgan fingerprint density at radius 1 is 1.00 bits per heavy atom. The Morgan fingerprint density at radius 2 is 1.21 bits per heavy atom. The van der Waals surface area contributed by atoms with Crippen molar-refractivity contribution in [3.8, 4) is 5.40 Å². The minimum absolute atomic E-state index is 0. The summed E-state index contributed by atoms with van der Waals surface area (Å²) in [6, 6.07) is 0. The van der Waals surface area contributed by atoms with Gasteiger partial charge in [0.05, 0.1) is 19.8 Å². The smallest absolute Gasteiger partial charge is 0.696 e. The Bertz CT molecular complexity index is 120. The van der Waals surface area contributed by atoms with Crippen LogP contribution in [-0.4, -0.2) is 59.7 Å². The molecule has 14 heavy (non-hydrogen) atoms. The number of hydrogen-bond acceptors (Lipinski definition) is 6. The predicted octanol–water partition coefficient (Wildman–Crippen LogP) is -4.72. The van der Waals surface area contributed by atoms with Crippen molar-refractivity contribution >= 4 is 12.6 Å². The van der Waals surface area contributed by atoms with E-state index in [4.69, 9.17) is 20.6 Å². The molecule has 0 heterocycles. The minimum atomic E-state index is 0. The van der Waals surface area contributed by atoms with Crippen LogP contribution in [0.15, 0.2) is 0 Å². The Morgan fingerprint density at radius 3 is 1.36 bits per heavy atom. The number of nitriles is 1. The monoisotopic (exact) mass is 230 g/mol. The third kappa shape index (κ3) is 18.4. The largest absolute Gasteiger partial charge is 1.00 e. The normalized spacial score (nSPS) is 8.21. The van der Waals surface area contributed by atoms with E-state index in [9.17, 15) is 0 Å². The molecule has 7 heteroatoms. The molecule has 0 bridgehead atoms. The molecule has 0 aliphatic rings. The fourth-order valence-electron chi connectivity index (χ4n) is 0.760. The molecule has 0 fully saturated rings. The molecule has 0 aliphatic heterocycles. The Kier molecular flexibility index (Phi) is 27.4. The van der Waals surface area contributed by atoms with Gasteiger partial charge in [0.25, 0.3) is 0 Å². The van der Waals surface area contributed by atoms with Crippen molar-refractivity contribution in [3.05, 3.63) is 0 Å². The number of nitrogens with zero attached hydrogens (tertiary/aromatic N) is 2. The summed E-state index contributed by atoms with van der Waals surface area (Å²) in [5.41, 5.74) is 0. The Labute approximate surface area is 112 Å². The van der Waals surface area contributed by atoms with E-state index >= 15 is 0 Å². The van der Waals surface area contributed by atoms with Crippen LogP contribution in [0, 0.1) is 10.7 Å². The van der Waals surface area contributed by atoms with E-state index < -0.39 is 0 Å². The van der Waals surface area contributed by atoms with Gasteiger partial charge in [0.15, 0.2) is 0 Å². The van der Waals surface area contributed by atoms with Gasteiger partial charge in [0.1, 0.15) is 0 Å². The van der Waals surface area contributed by atoms with Crippen molar-refractivity contribution in [2.75, 3.05) is 39.5 Å². The van der Waals surface area contributed by atoms with E-state index in [-0.39, 0.29) is 49.4 Å².